The number of sulfonamides is 1. The van der Waals surface area contributed by atoms with Crippen molar-refractivity contribution in [2.24, 2.45) is 4.99 Å². The average molecular weight is 536 g/mol. The van der Waals surface area contributed by atoms with Gasteiger partial charge >= 0.3 is 0 Å². The first kappa shape index (κ1) is 26.0. The number of rotatable bonds is 7. The summed E-state index contributed by atoms with van der Waals surface area (Å²) < 4.78 is 35.9. The van der Waals surface area contributed by atoms with Gasteiger partial charge < -0.3 is 9.30 Å². The second-order valence-corrected chi connectivity index (χ2v) is 12.2. The van der Waals surface area contributed by atoms with Crippen LogP contribution in [0.4, 0.5) is 0 Å². The number of benzene rings is 2. The molecule has 188 valence electrons. The third kappa shape index (κ3) is 5.39. The quantitative estimate of drug-likeness (QED) is 0.426. The highest BCUT2D eigenvalue weighted by atomic mass is 35.5. The summed E-state index contributed by atoms with van der Waals surface area (Å²) in [5.41, 5.74) is 2.18. The molecule has 2 aromatic carbocycles. The van der Waals surface area contributed by atoms with Gasteiger partial charge in [-0.2, -0.15) is 9.30 Å². The van der Waals surface area contributed by atoms with Gasteiger partial charge in [0, 0.05) is 37.3 Å². The van der Waals surface area contributed by atoms with Crippen LogP contribution in [0.15, 0.2) is 46.3 Å². The Balaban J connectivity index is 1.64. The molecule has 1 aliphatic rings. The molecule has 0 N–H and O–H groups in total. The topological polar surface area (TPSA) is 81.0 Å². The van der Waals surface area contributed by atoms with Gasteiger partial charge in [0.25, 0.3) is 5.91 Å². The molecule has 0 radical (unpaired) electrons. The molecule has 1 aromatic heterocycles. The van der Waals surface area contributed by atoms with Crippen molar-refractivity contribution in [1.29, 1.82) is 0 Å². The first-order chi connectivity index (χ1) is 16.7. The summed E-state index contributed by atoms with van der Waals surface area (Å²) in [4.78, 5) is 18.1. The van der Waals surface area contributed by atoms with Gasteiger partial charge in [0.2, 0.25) is 10.0 Å². The van der Waals surface area contributed by atoms with Gasteiger partial charge in [0.1, 0.15) is 0 Å². The van der Waals surface area contributed by atoms with E-state index in [0.717, 1.165) is 47.9 Å². The number of carbonyl (C=O) groups is 1. The first-order valence-corrected chi connectivity index (χ1v) is 14.3. The van der Waals surface area contributed by atoms with E-state index >= 15 is 0 Å². The highest BCUT2D eigenvalue weighted by Gasteiger charge is 2.29. The lowest BCUT2D eigenvalue weighted by Crippen LogP contribution is -2.38. The number of amides is 1. The Morgan fingerprint density at radius 2 is 1.86 bits per heavy atom. The normalized spacial score (nSPS) is 15.9. The Hall–Kier alpha value is -2.04. The van der Waals surface area contributed by atoms with Crippen molar-refractivity contribution in [3.8, 4) is 0 Å². The summed E-state index contributed by atoms with van der Waals surface area (Å²) in [6.45, 7) is 2.92. The Bertz CT molecular complexity index is 1390. The van der Waals surface area contributed by atoms with E-state index in [1.807, 2.05) is 23.6 Å². The maximum absolute atomic E-state index is 13.1. The minimum absolute atomic E-state index is 0.0255. The highest BCUT2D eigenvalue weighted by molar-refractivity contribution is 7.89. The molecule has 10 heteroatoms. The molecule has 0 bridgehead atoms. The summed E-state index contributed by atoms with van der Waals surface area (Å²) in [5, 5.41) is 0.648. The Morgan fingerprint density at radius 3 is 2.51 bits per heavy atom. The van der Waals surface area contributed by atoms with E-state index in [2.05, 4.69) is 4.99 Å². The zero-order valence-electron chi connectivity index (χ0n) is 20.2. The number of fused-ring (bicyclic) bond motifs is 1. The van der Waals surface area contributed by atoms with Crippen molar-refractivity contribution in [2.75, 3.05) is 20.8 Å². The van der Waals surface area contributed by atoms with Crippen molar-refractivity contribution in [2.45, 2.75) is 56.5 Å². The fourth-order valence-corrected chi connectivity index (χ4v) is 7.20. The molecule has 0 aliphatic heterocycles. The fourth-order valence-electron chi connectivity index (χ4n) is 4.52. The largest absolute Gasteiger partial charge is 0.383 e. The van der Waals surface area contributed by atoms with Gasteiger partial charge in [-0.3, -0.25) is 4.79 Å². The second-order valence-electron chi connectivity index (χ2n) is 8.80. The molecule has 1 heterocycles. The number of ether oxygens (including phenoxy) is 1. The van der Waals surface area contributed by atoms with Crippen molar-refractivity contribution >= 4 is 49.1 Å². The summed E-state index contributed by atoms with van der Waals surface area (Å²) in [6.07, 6.45) is 5.02. The average Bonchev–Trinajstić information content (AvgIpc) is 3.22. The molecule has 0 saturated heterocycles. The molecule has 1 fully saturated rings. The Kier molecular flexibility index (Phi) is 8.12. The van der Waals surface area contributed by atoms with Gasteiger partial charge in [0.05, 0.1) is 21.7 Å². The second kappa shape index (κ2) is 10.9. The van der Waals surface area contributed by atoms with Crippen molar-refractivity contribution in [1.82, 2.24) is 8.87 Å². The van der Waals surface area contributed by atoms with E-state index < -0.39 is 15.9 Å². The molecular weight excluding hydrogens is 506 g/mol. The first-order valence-electron chi connectivity index (χ1n) is 11.7. The van der Waals surface area contributed by atoms with Crippen molar-refractivity contribution in [3.05, 3.63) is 57.3 Å². The molecule has 1 amide bonds. The van der Waals surface area contributed by atoms with E-state index in [0.29, 0.717) is 28.5 Å². The third-order valence-electron chi connectivity index (χ3n) is 6.61. The molecular formula is C25H30ClN3O4S2. The van der Waals surface area contributed by atoms with Gasteiger partial charge in [-0.1, -0.05) is 42.2 Å². The van der Waals surface area contributed by atoms with Crippen LogP contribution in [0.5, 0.6) is 0 Å². The number of thiazole rings is 1. The van der Waals surface area contributed by atoms with E-state index in [9.17, 15) is 13.2 Å². The van der Waals surface area contributed by atoms with Crippen LogP contribution >= 0.6 is 22.9 Å². The molecule has 0 spiro atoms. The standard InChI is InChI=1S/C25H30ClN3O4S2/c1-17-21(26)13-14-22-23(17)29(15-16-33-3)25(34-22)27-24(30)18-9-11-20(12-10-18)35(31,32)28(2)19-7-5-4-6-8-19/h9-14,19H,4-8,15-16H2,1-3H3. The van der Waals surface area contributed by atoms with E-state index in [1.54, 1.807) is 14.2 Å². The summed E-state index contributed by atoms with van der Waals surface area (Å²) in [5.74, 6) is -0.434. The van der Waals surface area contributed by atoms with Gasteiger partial charge in [-0.15, -0.1) is 0 Å². The lowest BCUT2D eigenvalue weighted by Gasteiger charge is -2.30. The number of hydrogen-bond donors (Lipinski definition) is 0. The fraction of sp³-hybridized carbons (Fsp3) is 0.440. The number of carbonyl (C=O) groups excluding carboxylic acids is 1. The molecule has 0 unspecified atom stereocenters. The van der Waals surface area contributed by atoms with Crippen LogP contribution in [-0.2, 0) is 21.3 Å². The Morgan fingerprint density at radius 1 is 1.17 bits per heavy atom. The number of nitrogens with zero attached hydrogens (tertiary/aromatic N) is 3. The highest BCUT2D eigenvalue weighted by Crippen LogP contribution is 2.28. The van der Waals surface area contributed by atoms with Crippen molar-refractivity contribution < 1.29 is 17.9 Å². The molecule has 1 saturated carbocycles. The zero-order chi connectivity index (χ0) is 25.2. The minimum Gasteiger partial charge on any atom is -0.383 e. The molecule has 0 atom stereocenters. The molecule has 4 rings (SSSR count). The molecule has 35 heavy (non-hydrogen) atoms. The Labute approximate surface area is 215 Å². The van der Waals surface area contributed by atoms with Crippen LogP contribution in [0.3, 0.4) is 0 Å². The maximum Gasteiger partial charge on any atom is 0.279 e. The number of aryl methyl sites for hydroxylation is 1. The molecule has 1 aliphatic carbocycles. The number of methoxy groups -OCH3 is 1. The van der Waals surface area contributed by atoms with Gasteiger partial charge in [-0.25, -0.2) is 8.42 Å². The van der Waals surface area contributed by atoms with Gasteiger partial charge in [-0.05, 0) is 61.7 Å². The number of hydrogen-bond acceptors (Lipinski definition) is 5. The SMILES string of the molecule is COCCn1c(=NC(=O)c2ccc(S(=O)(=O)N(C)C3CCCCC3)cc2)sc2ccc(Cl)c(C)c21. The molecule has 3 aromatic rings. The van der Waals surface area contributed by atoms with Crippen molar-refractivity contribution in [3.63, 3.8) is 0 Å². The summed E-state index contributed by atoms with van der Waals surface area (Å²) in [7, 11) is -0.350. The lowest BCUT2D eigenvalue weighted by molar-refractivity contribution is 0.0997. The van der Waals surface area contributed by atoms with Gasteiger partial charge in [0.15, 0.2) is 4.80 Å². The van der Waals surface area contributed by atoms with Crippen LogP contribution < -0.4 is 4.80 Å². The minimum atomic E-state index is -3.62. The summed E-state index contributed by atoms with van der Waals surface area (Å²) in [6, 6.07) is 9.83. The monoisotopic (exact) mass is 535 g/mol. The summed E-state index contributed by atoms with van der Waals surface area (Å²) >= 11 is 7.74. The predicted octanol–water partition coefficient (Wildman–Crippen LogP) is 5.01. The number of aromatic nitrogens is 1. The predicted molar refractivity (Wildman–Crippen MR) is 140 cm³/mol. The van der Waals surface area contributed by atoms with Crippen LogP contribution in [0.1, 0.15) is 48.0 Å². The van der Waals surface area contributed by atoms with E-state index in [-0.39, 0.29) is 10.9 Å². The van der Waals surface area contributed by atoms with Crippen LogP contribution in [-0.4, -0.2) is 50.0 Å². The lowest BCUT2D eigenvalue weighted by atomic mass is 9.96. The van der Waals surface area contributed by atoms with Crippen LogP contribution in [0.25, 0.3) is 10.2 Å². The van der Waals surface area contributed by atoms with E-state index in [4.69, 9.17) is 16.3 Å². The zero-order valence-corrected chi connectivity index (χ0v) is 22.5. The number of halogens is 1. The third-order valence-corrected chi connectivity index (χ3v) is 9.99. The van der Waals surface area contributed by atoms with Crippen LogP contribution in [0, 0.1) is 6.92 Å². The maximum atomic E-state index is 13.1. The molecule has 7 nitrogen and oxygen atoms in total. The van der Waals surface area contributed by atoms with Crippen LogP contribution in [0.2, 0.25) is 5.02 Å². The van der Waals surface area contributed by atoms with E-state index in [1.165, 1.54) is 39.9 Å². The smallest absolute Gasteiger partial charge is 0.279 e.